The van der Waals surface area contributed by atoms with Crippen LogP contribution in [-0.2, 0) is 4.79 Å². The average molecular weight is 388 g/mol. The van der Waals surface area contributed by atoms with Crippen molar-refractivity contribution in [3.05, 3.63) is 50.1 Å². The zero-order valence-electron chi connectivity index (χ0n) is 15.5. The monoisotopic (exact) mass is 387 g/mol. The quantitative estimate of drug-likeness (QED) is 0.550. The second-order valence-electron chi connectivity index (χ2n) is 6.25. The van der Waals surface area contributed by atoms with Crippen molar-refractivity contribution in [1.29, 1.82) is 0 Å². The molecule has 3 aromatic rings. The lowest BCUT2D eigenvalue weighted by Gasteiger charge is -2.14. The van der Waals surface area contributed by atoms with Gasteiger partial charge in [-0.05, 0) is 44.9 Å². The lowest BCUT2D eigenvalue weighted by Crippen LogP contribution is -2.24. The zero-order chi connectivity index (χ0) is 19.0. The van der Waals surface area contributed by atoms with Crippen LogP contribution in [0.15, 0.2) is 28.2 Å². The summed E-state index contributed by atoms with van der Waals surface area (Å²) < 4.78 is 1.64. The van der Waals surface area contributed by atoms with E-state index in [1.165, 1.54) is 23.1 Å². The van der Waals surface area contributed by atoms with Crippen molar-refractivity contribution < 1.29 is 4.79 Å². The summed E-state index contributed by atoms with van der Waals surface area (Å²) in [6, 6.07) is 5.97. The van der Waals surface area contributed by atoms with Gasteiger partial charge in [0.25, 0.3) is 5.56 Å². The number of thiophene rings is 1. The Hall–Kier alpha value is -2.12. The molecule has 3 rings (SSSR count). The fraction of sp³-hybridized carbons (Fsp3) is 0.316. The van der Waals surface area contributed by atoms with Crippen LogP contribution < -0.4 is 10.9 Å². The van der Waals surface area contributed by atoms with Crippen LogP contribution >= 0.6 is 23.1 Å². The van der Waals surface area contributed by atoms with E-state index in [0.29, 0.717) is 10.5 Å². The number of carbonyl (C=O) groups excluding carboxylic acids is 1. The number of benzene rings is 1. The van der Waals surface area contributed by atoms with Gasteiger partial charge >= 0.3 is 0 Å². The molecule has 0 bridgehead atoms. The van der Waals surface area contributed by atoms with Crippen LogP contribution in [0.2, 0.25) is 0 Å². The van der Waals surface area contributed by atoms with Crippen LogP contribution in [0.3, 0.4) is 0 Å². The van der Waals surface area contributed by atoms with Gasteiger partial charge in [-0.2, -0.15) is 0 Å². The van der Waals surface area contributed by atoms with Gasteiger partial charge in [-0.1, -0.05) is 29.5 Å². The minimum Gasteiger partial charge on any atom is -0.358 e. The summed E-state index contributed by atoms with van der Waals surface area (Å²) in [5, 5.41) is 3.81. The van der Waals surface area contributed by atoms with E-state index in [-0.39, 0.29) is 17.2 Å². The minimum absolute atomic E-state index is 0.0804. The Balaban J connectivity index is 2.29. The average Bonchev–Trinajstić information content (AvgIpc) is 2.88. The van der Waals surface area contributed by atoms with E-state index in [1.807, 2.05) is 45.9 Å². The van der Waals surface area contributed by atoms with E-state index >= 15 is 0 Å². The van der Waals surface area contributed by atoms with Crippen molar-refractivity contribution in [1.82, 2.24) is 14.9 Å². The van der Waals surface area contributed by atoms with E-state index < -0.39 is 0 Å². The highest BCUT2D eigenvalue weighted by Crippen LogP contribution is 2.30. The van der Waals surface area contributed by atoms with E-state index in [1.54, 1.807) is 11.6 Å². The predicted molar refractivity (Wildman–Crippen MR) is 109 cm³/mol. The largest absolute Gasteiger partial charge is 0.358 e. The fourth-order valence-corrected chi connectivity index (χ4v) is 4.79. The van der Waals surface area contributed by atoms with Crippen molar-refractivity contribution in [2.45, 2.75) is 32.9 Å². The van der Waals surface area contributed by atoms with E-state index in [4.69, 9.17) is 4.98 Å². The maximum Gasteiger partial charge on any atom is 0.267 e. The summed E-state index contributed by atoms with van der Waals surface area (Å²) >= 11 is 2.80. The number of nitrogens with one attached hydrogen (secondary N) is 1. The van der Waals surface area contributed by atoms with Crippen LogP contribution in [0.25, 0.3) is 15.9 Å². The number of amides is 1. The summed E-state index contributed by atoms with van der Waals surface area (Å²) in [5.41, 5.74) is 3.83. The second kappa shape index (κ2) is 7.25. The number of thioether (sulfide) groups is 1. The van der Waals surface area contributed by atoms with Gasteiger partial charge in [-0.15, -0.1) is 11.3 Å². The molecule has 5 nitrogen and oxygen atoms in total. The standard InChI is InChI=1S/C19H21N3O2S2/c1-10-6-7-14(11(2)8-10)22-18(24)16-12(3)13(4)26-17(16)21-19(22)25-9-15(23)20-5/h6-8H,9H2,1-5H3,(H,20,23). The molecule has 0 saturated carbocycles. The van der Waals surface area contributed by atoms with Gasteiger partial charge in [0.05, 0.1) is 16.8 Å². The lowest BCUT2D eigenvalue weighted by molar-refractivity contribution is -0.118. The molecular formula is C19H21N3O2S2. The number of aryl methyl sites for hydroxylation is 4. The van der Waals surface area contributed by atoms with Crippen LogP contribution in [-0.4, -0.2) is 28.3 Å². The molecule has 7 heteroatoms. The number of hydrogen-bond donors (Lipinski definition) is 1. The third-order valence-electron chi connectivity index (χ3n) is 4.38. The highest BCUT2D eigenvalue weighted by molar-refractivity contribution is 7.99. The van der Waals surface area contributed by atoms with Crippen molar-refractivity contribution >= 4 is 39.2 Å². The van der Waals surface area contributed by atoms with Gasteiger partial charge < -0.3 is 5.32 Å². The lowest BCUT2D eigenvalue weighted by atomic mass is 10.1. The van der Waals surface area contributed by atoms with E-state index in [0.717, 1.165) is 32.1 Å². The number of aromatic nitrogens is 2. The number of rotatable bonds is 4. The van der Waals surface area contributed by atoms with Crippen molar-refractivity contribution in [3.8, 4) is 5.69 Å². The van der Waals surface area contributed by atoms with Crippen molar-refractivity contribution in [2.75, 3.05) is 12.8 Å². The number of hydrogen-bond acceptors (Lipinski definition) is 5. The summed E-state index contributed by atoms with van der Waals surface area (Å²) in [6.07, 6.45) is 0. The van der Waals surface area contributed by atoms with Crippen LogP contribution in [0.5, 0.6) is 0 Å². The van der Waals surface area contributed by atoms with Gasteiger partial charge in [0.15, 0.2) is 5.16 Å². The summed E-state index contributed by atoms with van der Waals surface area (Å²) in [7, 11) is 1.60. The Morgan fingerprint density at radius 3 is 2.65 bits per heavy atom. The highest BCUT2D eigenvalue weighted by Gasteiger charge is 2.19. The molecule has 0 radical (unpaired) electrons. The smallest absolute Gasteiger partial charge is 0.267 e. The van der Waals surface area contributed by atoms with Gasteiger partial charge in [0.1, 0.15) is 4.83 Å². The van der Waals surface area contributed by atoms with Gasteiger partial charge in [-0.25, -0.2) is 4.98 Å². The number of nitrogens with zero attached hydrogens (tertiary/aromatic N) is 2. The Morgan fingerprint density at radius 2 is 2.00 bits per heavy atom. The molecule has 0 aliphatic heterocycles. The molecular weight excluding hydrogens is 366 g/mol. The Kier molecular flexibility index (Phi) is 5.20. The highest BCUT2D eigenvalue weighted by atomic mass is 32.2. The van der Waals surface area contributed by atoms with Crippen LogP contribution in [0.1, 0.15) is 21.6 Å². The SMILES string of the molecule is CNC(=O)CSc1nc2sc(C)c(C)c2c(=O)n1-c1ccc(C)cc1C. The molecule has 26 heavy (non-hydrogen) atoms. The van der Waals surface area contributed by atoms with Crippen molar-refractivity contribution in [3.63, 3.8) is 0 Å². The van der Waals surface area contributed by atoms with Crippen LogP contribution in [0, 0.1) is 27.7 Å². The first-order valence-electron chi connectivity index (χ1n) is 8.27. The zero-order valence-corrected chi connectivity index (χ0v) is 17.1. The van der Waals surface area contributed by atoms with Gasteiger partial charge in [0.2, 0.25) is 5.91 Å². The topological polar surface area (TPSA) is 64.0 Å². The fourth-order valence-electron chi connectivity index (χ4n) is 2.84. The maximum atomic E-state index is 13.4. The Bertz CT molecular complexity index is 1070. The molecule has 136 valence electrons. The molecule has 0 spiro atoms. The molecule has 1 N–H and O–H groups in total. The molecule has 0 aliphatic rings. The van der Waals surface area contributed by atoms with Crippen LogP contribution in [0.4, 0.5) is 0 Å². The van der Waals surface area contributed by atoms with E-state index in [9.17, 15) is 9.59 Å². The normalized spacial score (nSPS) is 11.1. The maximum absolute atomic E-state index is 13.4. The van der Waals surface area contributed by atoms with Crippen molar-refractivity contribution in [2.24, 2.45) is 0 Å². The molecule has 1 amide bonds. The van der Waals surface area contributed by atoms with Gasteiger partial charge in [-0.3, -0.25) is 14.2 Å². The molecule has 0 aliphatic carbocycles. The summed E-state index contributed by atoms with van der Waals surface area (Å²) in [5.74, 6) is 0.109. The molecule has 0 fully saturated rings. The van der Waals surface area contributed by atoms with Gasteiger partial charge in [0, 0.05) is 11.9 Å². The molecule has 0 atom stereocenters. The first kappa shape index (κ1) is 18.7. The first-order chi connectivity index (χ1) is 12.3. The third kappa shape index (κ3) is 3.29. The number of fused-ring (bicyclic) bond motifs is 1. The minimum atomic E-state index is -0.102. The predicted octanol–water partition coefficient (Wildman–Crippen LogP) is 3.52. The summed E-state index contributed by atoms with van der Waals surface area (Å²) in [6.45, 7) is 7.97. The first-order valence-corrected chi connectivity index (χ1v) is 10.1. The third-order valence-corrected chi connectivity index (χ3v) is 6.42. The Morgan fingerprint density at radius 1 is 1.27 bits per heavy atom. The Labute approximate surface area is 160 Å². The molecule has 0 saturated heterocycles. The second-order valence-corrected chi connectivity index (χ2v) is 8.40. The molecule has 0 unspecified atom stereocenters. The number of carbonyl (C=O) groups is 1. The molecule has 2 aromatic heterocycles. The molecule has 2 heterocycles. The summed E-state index contributed by atoms with van der Waals surface area (Å²) in [4.78, 5) is 31.6. The van der Waals surface area contributed by atoms with E-state index in [2.05, 4.69) is 5.32 Å². The molecule has 1 aromatic carbocycles.